The molecule has 0 radical (unpaired) electrons. The summed E-state index contributed by atoms with van der Waals surface area (Å²) in [6.07, 6.45) is -2.80. The third kappa shape index (κ3) is 4.32. The lowest BCUT2D eigenvalue weighted by molar-refractivity contribution is -0.137. The van der Waals surface area contributed by atoms with Crippen molar-refractivity contribution in [1.82, 2.24) is 4.98 Å². The second-order valence-electron chi connectivity index (χ2n) is 5.74. The predicted octanol–water partition coefficient (Wildman–Crippen LogP) is 3.29. The van der Waals surface area contributed by atoms with Gasteiger partial charge in [0.05, 0.1) is 18.8 Å². The first-order valence-corrected chi connectivity index (χ1v) is 8.06. The number of nitrogens with zero attached hydrogens (tertiary/aromatic N) is 2. The van der Waals surface area contributed by atoms with E-state index in [1.807, 2.05) is 4.90 Å². The highest BCUT2D eigenvalue weighted by molar-refractivity contribution is 5.94. The van der Waals surface area contributed by atoms with Gasteiger partial charge in [-0.05, 0) is 29.8 Å². The maximum absolute atomic E-state index is 12.6. The summed E-state index contributed by atoms with van der Waals surface area (Å²) in [5, 5.41) is 0. The fraction of sp³-hybridized carbons (Fsp3) is 0.333. The molecule has 0 atom stereocenters. The molecule has 2 aromatic rings. The Balaban J connectivity index is 1.67. The van der Waals surface area contributed by atoms with Gasteiger partial charge in [-0.25, -0.2) is 9.78 Å². The Morgan fingerprint density at radius 1 is 1.15 bits per heavy atom. The number of alkyl halides is 3. The summed E-state index contributed by atoms with van der Waals surface area (Å²) >= 11 is 0. The van der Waals surface area contributed by atoms with Gasteiger partial charge in [0, 0.05) is 19.3 Å². The van der Waals surface area contributed by atoms with Gasteiger partial charge in [0.2, 0.25) is 0 Å². The normalized spacial score (nSPS) is 15.0. The van der Waals surface area contributed by atoms with Crippen molar-refractivity contribution in [2.75, 3.05) is 31.2 Å². The number of anilines is 1. The van der Waals surface area contributed by atoms with E-state index in [1.54, 1.807) is 18.3 Å². The van der Waals surface area contributed by atoms with E-state index in [1.165, 1.54) is 12.1 Å². The van der Waals surface area contributed by atoms with Gasteiger partial charge in [0.15, 0.2) is 0 Å². The zero-order valence-corrected chi connectivity index (χ0v) is 13.8. The molecule has 0 aliphatic carbocycles. The molecule has 0 spiro atoms. The van der Waals surface area contributed by atoms with E-state index in [0.717, 1.165) is 12.1 Å². The second kappa shape index (κ2) is 7.74. The number of hydrogen-bond acceptors (Lipinski definition) is 5. The molecule has 8 heteroatoms. The first-order chi connectivity index (χ1) is 12.4. The number of carbonyl (C=O) groups excluding carboxylic acids is 1. The predicted molar refractivity (Wildman–Crippen MR) is 87.8 cm³/mol. The lowest BCUT2D eigenvalue weighted by atomic mass is 10.1. The van der Waals surface area contributed by atoms with Crippen LogP contribution in [0, 0.1) is 0 Å². The molecule has 0 unspecified atom stereocenters. The van der Waals surface area contributed by atoms with Crippen LogP contribution in [-0.4, -0.2) is 37.3 Å². The van der Waals surface area contributed by atoms with E-state index in [2.05, 4.69) is 4.98 Å². The van der Waals surface area contributed by atoms with Gasteiger partial charge in [-0.15, -0.1) is 0 Å². The quantitative estimate of drug-likeness (QED) is 0.778. The largest absolute Gasteiger partial charge is 0.457 e. The monoisotopic (exact) mass is 366 g/mol. The average molecular weight is 366 g/mol. The van der Waals surface area contributed by atoms with Crippen LogP contribution in [0.25, 0.3) is 0 Å². The number of morpholine rings is 1. The minimum atomic E-state index is -4.39. The Kier molecular flexibility index (Phi) is 5.41. The van der Waals surface area contributed by atoms with Gasteiger partial charge < -0.3 is 14.4 Å². The second-order valence-corrected chi connectivity index (χ2v) is 5.74. The fourth-order valence-electron chi connectivity index (χ4n) is 2.60. The van der Waals surface area contributed by atoms with Crippen molar-refractivity contribution in [3.8, 4) is 0 Å². The molecule has 1 fully saturated rings. The lowest BCUT2D eigenvalue weighted by Gasteiger charge is -2.28. The molecule has 0 amide bonds. The third-order valence-corrected chi connectivity index (χ3v) is 3.97. The van der Waals surface area contributed by atoms with Crippen LogP contribution in [-0.2, 0) is 22.3 Å². The van der Waals surface area contributed by atoms with Crippen LogP contribution in [0.3, 0.4) is 0 Å². The molecule has 0 N–H and O–H groups in total. The third-order valence-electron chi connectivity index (χ3n) is 3.97. The van der Waals surface area contributed by atoms with Crippen LogP contribution < -0.4 is 4.90 Å². The molecule has 138 valence electrons. The Morgan fingerprint density at radius 2 is 1.85 bits per heavy atom. The minimum Gasteiger partial charge on any atom is -0.457 e. The number of halogens is 3. The van der Waals surface area contributed by atoms with Gasteiger partial charge in [0.1, 0.15) is 18.0 Å². The molecular formula is C18H17F3N2O3. The fourth-order valence-corrected chi connectivity index (χ4v) is 2.60. The smallest absolute Gasteiger partial charge is 0.416 e. The van der Waals surface area contributed by atoms with Crippen molar-refractivity contribution in [3.63, 3.8) is 0 Å². The Bertz CT molecular complexity index is 757. The molecule has 1 aliphatic heterocycles. The molecule has 0 bridgehead atoms. The number of esters is 1. The number of benzene rings is 1. The van der Waals surface area contributed by atoms with Crippen molar-refractivity contribution in [2.45, 2.75) is 12.8 Å². The zero-order chi connectivity index (χ0) is 18.6. The zero-order valence-electron chi connectivity index (χ0n) is 13.8. The average Bonchev–Trinajstić information content (AvgIpc) is 2.66. The maximum atomic E-state index is 12.6. The van der Waals surface area contributed by atoms with Crippen LogP contribution in [0.1, 0.15) is 21.5 Å². The molecule has 1 aromatic carbocycles. The van der Waals surface area contributed by atoms with Crippen LogP contribution >= 0.6 is 0 Å². The van der Waals surface area contributed by atoms with Crippen LogP contribution in [0.2, 0.25) is 0 Å². The number of ether oxygens (including phenoxy) is 2. The first-order valence-electron chi connectivity index (χ1n) is 8.06. The van der Waals surface area contributed by atoms with Crippen LogP contribution in [0.5, 0.6) is 0 Å². The first kappa shape index (κ1) is 18.2. The van der Waals surface area contributed by atoms with Gasteiger partial charge in [-0.2, -0.15) is 13.2 Å². The van der Waals surface area contributed by atoms with Gasteiger partial charge >= 0.3 is 12.1 Å². The van der Waals surface area contributed by atoms with Gasteiger partial charge in [-0.3, -0.25) is 0 Å². The summed E-state index contributed by atoms with van der Waals surface area (Å²) in [6, 6.07) is 7.77. The van der Waals surface area contributed by atoms with Crippen molar-refractivity contribution in [2.24, 2.45) is 0 Å². The van der Waals surface area contributed by atoms with Crippen molar-refractivity contribution in [1.29, 1.82) is 0 Å². The summed E-state index contributed by atoms with van der Waals surface area (Å²) in [5.41, 5.74) is 0.0546. The molecule has 1 saturated heterocycles. The number of hydrogen-bond donors (Lipinski definition) is 0. The van der Waals surface area contributed by atoms with E-state index < -0.39 is 17.7 Å². The number of rotatable bonds is 4. The highest BCUT2D eigenvalue weighted by Crippen LogP contribution is 2.29. The van der Waals surface area contributed by atoms with E-state index in [0.29, 0.717) is 43.2 Å². The summed E-state index contributed by atoms with van der Waals surface area (Å²) in [6.45, 7) is 2.23. The summed E-state index contributed by atoms with van der Waals surface area (Å²) in [4.78, 5) is 18.6. The van der Waals surface area contributed by atoms with Crippen LogP contribution in [0.15, 0.2) is 42.6 Å². The van der Waals surface area contributed by atoms with E-state index in [4.69, 9.17) is 9.47 Å². The number of pyridine rings is 1. The molecule has 1 aliphatic rings. The lowest BCUT2D eigenvalue weighted by Crippen LogP contribution is -2.37. The van der Waals surface area contributed by atoms with E-state index >= 15 is 0 Å². The topological polar surface area (TPSA) is 51.7 Å². The maximum Gasteiger partial charge on any atom is 0.416 e. The number of aromatic nitrogens is 1. The van der Waals surface area contributed by atoms with Crippen molar-refractivity contribution < 1.29 is 27.4 Å². The standard InChI is InChI=1S/C18H17F3N2O3/c19-18(20,21)14-5-3-13(4-6-14)12-26-17(24)15-2-1-7-22-16(15)23-8-10-25-11-9-23/h1-7H,8-12H2. The SMILES string of the molecule is O=C(OCc1ccc(C(F)(F)F)cc1)c1cccnc1N1CCOCC1. The van der Waals surface area contributed by atoms with Crippen LogP contribution in [0.4, 0.5) is 19.0 Å². The van der Waals surface area contributed by atoms with Crippen molar-refractivity contribution >= 4 is 11.8 Å². The summed E-state index contributed by atoms with van der Waals surface area (Å²) in [7, 11) is 0. The van der Waals surface area contributed by atoms with Crippen molar-refractivity contribution in [3.05, 3.63) is 59.3 Å². The van der Waals surface area contributed by atoms with E-state index in [9.17, 15) is 18.0 Å². The molecule has 5 nitrogen and oxygen atoms in total. The minimum absolute atomic E-state index is 0.117. The molecule has 26 heavy (non-hydrogen) atoms. The van der Waals surface area contributed by atoms with Gasteiger partial charge in [-0.1, -0.05) is 12.1 Å². The Morgan fingerprint density at radius 3 is 2.50 bits per heavy atom. The molecule has 2 heterocycles. The Hall–Kier alpha value is -2.61. The summed E-state index contributed by atoms with van der Waals surface area (Å²) in [5.74, 6) is -0.0484. The highest BCUT2D eigenvalue weighted by Gasteiger charge is 2.30. The molecular weight excluding hydrogens is 349 g/mol. The van der Waals surface area contributed by atoms with Gasteiger partial charge in [0.25, 0.3) is 0 Å². The molecule has 3 rings (SSSR count). The number of carbonyl (C=O) groups is 1. The summed E-state index contributed by atoms with van der Waals surface area (Å²) < 4.78 is 48.3. The molecule has 0 saturated carbocycles. The molecule has 1 aromatic heterocycles. The Labute approximate surface area is 148 Å². The highest BCUT2D eigenvalue weighted by atomic mass is 19.4. The van der Waals surface area contributed by atoms with E-state index in [-0.39, 0.29) is 6.61 Å².